The molecular weight excluding hydrogens is 402 g/mol. The Balaban J connectivity index is -0.000000174. The minimum Gasteiger partial charge on any atom is -0.387 e. The fraction of sp³-hybridized carbons (Fsp3) is 0.880. The van der Waals surface area contributed by atoms with E-state index in [0.29, 0.717) is 13.0 Å². The lowest BCUT2D eigenvalue weighted by Gasteiger charge is -2.36. The molecule has 2 aliphatic rings. The maximum atomic E-state index is 9.93. The highest BCUT2D eigenvalue weighted by Crippen LogP contribution is 2.41. The highest BCUT2D eigenvalue weighted by atomic mass is 16.5. The molecule has 2 rings (SSSR count). The summed E-state index contributed by atoms with van der Waals surface area (Å²) in [5.74, 6) is 0. The highest BCUT2D eigenvalue weighted by molar-refractivity contribution is 5.49. The van der Waals surface area contributed by atoms with Crippen LogP contribution in [0, 0.1) is 10.8 Å². The average Bonchev–Trinajstić information content (AvgIpc) is 3.10. The molecule has 7 nitrogen and oxygen atoms in total. The molecule has 7 heteroatoms. The number of nitrogens with one attached hydrogen (secondary N) is 1. The molecule has 1 unspecified atom stereocenters. The molecule has 2 heterocycles. The Hall–Kier alpha value is -0.990. The Bertz CT molecular complexity index is 396. The van der Waals surface area contributed by atoms with Crippen LogP contribution in [0.4, 0.5) is 0 Å². The molecule has 0 aromatic carbocycles. The predicted molar refractivity (Wildman–Crippen MR) is 143 cm³/mol. The molecule has 2 aliphatic heterocycles. The van der Waals surface area contributed by atoms with E-state index in [2.05, 4.69) is 45.3 Å². The third-order valence-electron chi connectivity index (χ3n) is 5.22. The molecule has 2 fully saturated rings. The van der Waals surface area contributed by atoms with Gasteiger partial charge >= 0.3 is 0 Å². The Kier molecular flexibility index (Phi) is 31.4. The number of hydrogen-bond acceptors (Lipinski definition) is 7. The zero-order valence-corrected chi connectivity index (χ0v) is 22.8. The summed E-state index contributed by atoms with van der Waals surface area (Å²) >= 11 is 0. The van der Waals surface area contributed by atoms with E-state index in [4.69, 9.17) is 21.9 Å². The lowest BCUT2D eigenvalue weighted by Crippen LogP contribution is -2.43. The van der Waals surface area contributed by atoms with Crippen molar-refractivity contribution in [2.45, 2.75) is 93.0 Å². The zero-order valence-electron chi connectivity index (χ0n) is 22.8. The molecular formula is C25H59N5O2. The number of ether oxygens (including phenoxy) is 1. The van der Waals surface area contributed by atoms with Gasteiger partial charge in [0.1, 0.15) is 6.29 Å². The molecule has 0 bridgehead atoms. The normalized spacial score (nSPS) is 17.8. The van der Waals surface area contributed by atoms with Crippen LogP contribution >= 0.6 is 0 Å². The van der Waals surface area contributed by atoms with Gasteiger partial charge in [0.25, 0.3) is 0 Å². The highest BCUT2D eigenvalue weighted by Gasteiger charge is 2.44. The van der Waals surface area contributed by atoms with Crippen LogP contribution in [-0.2, 0) is 9.53 Å². The Labute approximate surface area is 200 Å². The summed E-state index contributed by atoms with van der Waals surface area (Å²) in [7, 11) is 1.50. The molecule has 0 aliphatic carbocycles. The van der Waals surface area contributed by atoms with Crippen molar-refractivity contribution in [3.05, 3.63) is 12.3 Å². The predicted octanol–water partition coefficient (Wildman–Crippen LogP) is 3.55. The molecule has 0 saturated carbocycles. The standard InChI is InChI=1S/C9H16N2O.C7H15NO.C4H10.C2H7N.C2H6.CH5N/c1-7-9(8(10)6-11-7)2-4-12-5-3-9;1-7(2,6-8)4-3-5-9;1-3-4-2;1-2-3;2*1-2/h8,11H,1-6,10H2;5H,3-4,6,8H2,1-2H3;3-4H2,1-2H3;2-3H2,1H3;1-2H3;2H2,1H3. The van der Waals surface area contributed by atoms with E-state index in [-0.39, 0.29) is 16.9 Å². The first kappa shape index (κ1) is 38.3. The van der Waals surface area contributed by atoms with Gasteiger partial charge in [0.15, 0.2) is 0 Å². The van der Waals surface area contributed by atoms with Gasteiger partial charge in [-0.05, 0) is 44.8 Å². The number of rotatable bonds is 5. The summed E-state index contributed by atoms with van der Waals surface area (Å²) in [4.78, 5) is 9.93. The van der Waals surface area contributed by atoms with Crippen molar-refractivity contribution in [3.63, 3.8) is 0 Å². The van der Waals surface area contributed by atoms with Crippen LogP contribution in [0.25, 0.3) is 0 Å². The quantitative estimate of drug-likeness (QED) is 0.394. The summed E-state index contributed by atoms with van der Waals surface area (Å²) in [5.41, 5.74) is 22.2. The van der Waals surface area contributed by atoms with E-state index in [1.807, 2.05) is 20.8 Å². The number of carbonyl (C=O) groups is 1. The van der Waals surface area contributed by atoms with Gasteiger partial charge in [-0.15, -0.1) is 0 Å². The molecule has 9 N–H and O–H groups in total. The number of unbranched alkanes of at least 4 members (excludes halogenated alkanes) is 1. The van der Waals surface area contributed by atoms with E-state index < -0.39 is 0 Å². The third kappa shape index (κ3) is 18.6. The second-order valence-electron chi connectivity index (χ2n) is 8.22. The van der Waals surface area contributed by atoms with Crippen molar-refractivity contribution < 1.29 is 9.53 Å². The zero-order chi connectivity index (χ0) is 26.1. The number of aldehydes is 1. The van der Waals surface area contributed by atoms with Gasteiger partial charge in [-0.3, -0.25) is 0 Å². The van der Waals surface area contributed by atoms with Gasteiger partial charge in [0, 0.05) is 43.3 Å². The number of nitrogens with two attached hydrogens (primary N) is 4. The molecule has 1 spiro atoms. The molecule has 1 atom stereocenters. The molecule has 0 amide bonds. The molecule has 2 saturated heterocycles. The molecule has 0 aromatic heterocycles. The SMILES string of the molecule is C=C1NCC(N)C12CCOCC2.CC.CC(C)(CN)CCC=O.CCCC.CCN.CN. The van der Waals surface area contributed by atoms with Crippen molar-refractivity contribution in [1.82, 2.24) is 5.32 Å². The van der Waals surface area contributed by atoms with Crippen molar-refractivity contribution in [3.8, 4) is 0 Å². The van der Waals surface area contributed by atoms with Gasteiger partial charge in [0.05, 0.1) is 0 Å². The lowest BCUT2D eigenvalue weighted by molar-refractivity contribution is -0.108. The first-order chi connectivity index (χ1) is 15.2. The van der Waals surface area contributed by atoms with E-state index in [1.165, 1.54) is 19.9 Å². The van der Waals surface area contributed by atoms with E-state index >= 15 is 0 Å². The van der Waals surface area contributed by atoms with Crippen molar-refractivity contribution in [2.24, 2.45) is 33.8 Å². The van der Waals surface area contributed by atoms with Crippen molar-refractivity contribution in [1.29, 1.82) is 0 Å². The van der Waals surface area contributed by atoms with Crippen LogP contribution < -0.4 is 28.3 Å². The largest absolute Gasteiger partial charge is 0.387 e. The van der Waals surface area contributed by atoms with E-state index in [0.717, 1.165) is 57.5 Å². The van der Waals surface area contributed by atoms with Crippen molar-refractivity contribution in [2.75, 3.05) is 39.9 Å². The van der Waals surface area contributed by atoms with Gasteiger partial charge in [-0.1, -0.05) is 67.9 Å². The first-order valence-corrected chi connectivity index (χ1v) is 12.4. The van der Waals surface area contributed by atoms with Gasteiger partial charge in [-0.2, -0.15) is 0 Å². The van der Waals surface area contributed by atoms with Gasteiger partial charge in [0.2, 0.25) is 0 Å². The summed E-state index contributed by atoms with van der Waals surface area (Å²) in [5, 5.41) is 3.25. The third-order valence-corrected chi connectivity index (χ3v) is 5.22. The Morgan fingerprint density at radius 2 is 1.56 bits per heavy atom. The minimum absolute atomic E-state index is 0.137. The fourth-order valence-corrected chi connectivity index (χ4v) is 2.79. The van der Waals surface area contributed by atoms with Crippen molar-refractivity contribution >= 4 is 6.29 Å². The summed E-state index contributed by atoms with van der Waals surface area (Å²) in [6.45, 7) is 22.4. The summed E-state index contributed by atoms with van der Waals surface area (Å²) in [6.07, 6.45) is 7.16. The summed E-state index contributed by atoms with van der Waals surface area (Å²) in [6, 6.07) is 0.230. The fourth-order valence-electron chi connectivity index (χ4n) is 2.79. The number of hydrogen-bond donors (Lipinski definition) is 5. The smallest absolute Gasteiger partial charge is 0.120 e. The Morgan fingerprint density at radius 3 is 1.84 bits per heavy atom. The maximum Gasteiger partial charge on any atom is 0.120 e. The van der Waals surface area contributed by atoms with Gasteiger partial charge in [-0.25, -0.2) is 0 Å². The van der Waals surface area contributed by atoms with Crippen LogP contribution in [0.1, 0.15) is 87.0 Å². The Morgan fingerprint density at radius 1 is 1.12 bits per heavy atom. The molecule has 0 aromatic rings. The number of carbonyl (C=O) groups excluding carboxylic acids is 1. The van der Waals surface area contributed by atoms with Crippen LogP contribution in [0.3, 0.4) is 0 Å². The van der Waals surface area contributed by atoms with E-state index in [9.17, 15) is 4.79 Å². The van der Waals surface area contributed by atoms with E-state index in [1.54, 1.807) is 0 Å². The summed E-state index contributed by atoms with van der Waals surface area (Å²) < 4.78 is 5.33. The maximum absolute atomic E-state index is 9.93. The van der Waals surface area contributed by atoms with Crippen LogP contribution in [0.2, 0.25) is 0 Å². The second kappa shape index (κ2) is 26.3. The lowest BCUT2D eigenvalue weighted by atomic mass is 9.74. The first-order valence-electron chi connectivity index (χ1n) is 12.4. The molecule has 196 valence electrons. The van der Waals surface area contributed by atoms with Gasteiger partial charge < -0.3 is 37.8 Å². The second-order valence-corrected chi connectivity index (χ2v) is 8.22. The average molecular weight is 462 g/mol. The molecule has 0 radical (unpaired) electrons. The van der Waals surface area contributed by atoms with Crippen LogP contribution in [-0.4, -0.2) is 52.2 Å². The minimum atomic E-state index is 0.137. The van der Waals surface area contributed by atoms with Crippen LogP contribution in [0.15, 0.2) is 12.3 Å². The molecule has 32 heavy (non-hydrogen) atoms. The topological polar surface area (TPSA) is 142 Å². The van der Waals surface area contributed by atoms with Crippen LogP contribution in [0.5, 0.6) is 0 Å². The monoisotopic (exact) mass is 461 g/mol.